The van der Waals surface area contributed by atoms with Crippen LogP contribution in [0.2, 0.25) is 5.02 Å². The van der Waals surface area contributed by atoms with Crippen molar-refractivity contribution in [2.24, 2.45) is 17.8 Å². The number of allylic oxidation sites excluding steroid dienone is 2. The molecule has 6 rings (SSSR count). The van der Waals surface area contributed by atoms with Gasteiger partial charge in [0.2, 0.25) is 17.7 Å². The summed E-state index contributed by atoms with van der Waals surface area (Å²) in [6, 6.07) is 9.66. The Kier molecular flexibility index (Phi) is 7.15. The Labute approximate surface area is 275 Å². The molecule has 220 valence electrons. The predicted molar refractivity (Wildman–Crippen MR) is 163 cm³/mol. The van der Waals surface area contributed by atoms with Crippen LogP contribution in [0.15, 0.2) is 46.5 Å². The fraction of sp³-hybridized carbons (Fsp3) is 0.357. The van der Waals surface area contributed by atoms with Crippen LogP contribution in [0.4, 0.5) is 11.4 Å². The molecule has 42 heavy (non-hydrogen) atoms. The lowest BCUT2D eigenvalue weighted by Crippen LogP contribution is -2.50. The number of alkyl halides is 4. The fourth-order valence-corrected chi connectivity index (χ4v) is 9.34. The molecule has 14 heteroatoms. The van der Waals surface area contributed by atoms with E-state index in [4.69, 9.17) is 85.9 Å². The first kappa shape index (κ1) is 30.3. The number of carbonyl (C=O) groups excluding carboxylic acids is 4. The average Bonchev–Trinajstić information content (AvgIpc) is 3.51. The van der Waals surface area contributed by atoms with Crippen LogP contribution in [0, 0.1) is 31.6 Å². The minimum Gasteiger partial charge on any atom is -0.426 e. The molecular weight excluding hydrogens is 692 g/mol. The third kappa shape index (κ3) is 3.81. The zero-order valence-corrected chi connectivity index (χ0v) is 27.0. The van der Waals surface area contributed by atoms with E-state index in [1.807, 2.05) is 6.92 Å². The van der Waals surface area contributed by atoms with Gasteiger partial charge in [0.1, 0.15) is 15.5 Å². The first-order chi connectivity index (χ1) is 19.6. The Bertz CT molecular complexity index is 1610. The van der Waals surface area contributed by atoms with E-state index in [1.165, 1.54) is 23.1 Å². The highest BCUT2D eigenvalue weighted by Gasteiger charge is 2.87. The topological polar surface area (TPSA) is 84.0 Å². The number of amides is 3. The standard InChI is InChI=1S/C28H19Cl7N2O5/c1-11-3-4-14(9-16(11)29)36-10-13(8-18(36)38)25(41)42-15-5-6-17(12(2)7-15)37-23(39)19-20(24(37)40)27(33)22(31)21(30)26(19,32)28(27,34)35/h3-7,9,13,19-20H,8,10H2,1-2H3/t13-,19-,20+,26-,27-/m1/s1. The summed E-state index contributed by atoms with van der Waals surface area (Å²) in [5, 5.41) is 0.162. The highest BCUT2D eigenvalue weighted by molar-refractivity contribution is 6.67. The van der Waals surface area contributed by atoms with Gasteiger partial charge in [0.15, 0.2) is 4.33 Å². The Morgan fingerprint density at radius 2 is 1.45 bits per heavy atom. The predicted octanol–water partition coefficient (Wildman–Crippen LogP) is 6.87. The summed E-state index contributed by atoms with van der Waals surface area (Å²) in [6.45, 7) is 3.62. The number of esters is 1. The summed E-state index contributed by atoms with van der Waals surface area (Å²) in [5.41, 5.74) is 2.13. The zero-order chi connectivity index (χ0) is 30.7. The maximum absolute atomic E-state index is 13.7. The van der Waals surface area contributed by atoms with E-state index in [9.17, 15) is 19.2 Å². The molecule has 0 aromatic heterocycles. The van der Waals surface area contributed by atoms with Crippen LogP contribution < -0.4 is 14.5 Å². The number of imide groups is 1. The summed E-state index contributed by atoms with van der Waals surface area (Å²) >= 11 is 45.6. The number of fused-ring (bicyclic) bond motifs is 5. The number of halogens is 7. The van der Waals surface area contributed by atoms with Gasteiger partial charge in [-0.25, -0.2) is 4.90 Å². The molecule has 2 saturated heterocycles. The zero-order valence-electron chi connectivity index (χ0n) is 21.7. The van der Waals surface area contributed by atoms with Crippen LogP contribution in [-0.4, -0.2) is 44.3 Å². The van der Waals surface area contributed by atoms with Gasteiger partial charge in [0.25, 0.3) is 0 Å². The molecule has 0 radical (unpaired) electrons. The Balaban J connectivity index is 1.21. The number of hydrogen-bond donors (Lipinski definition) is 0. The second-order valence-corrected chi connectivity index (χ2v) is 14.5. The van der Waals surface area contributed by atoms with Crippen LogP contribution in [0.5, 0.6) is 5.75 Å². The molecule has 0 N–H and O–H groups in total. The molecule has 2 bridgehead atoms. The van der Waals surface area contributed by atoms with Crippen LogP contribution >= 0.6 is 81.2 Å². The van der Waals surface area contributed by atoms with Gasteiger partial charge < -0.3 is 9.64 Å². The first-order valence-electron chi connectivity index (χ1n) is 12.7. The molecule has 3 fully saturated rings. The highest BCUT2D eigenvalue weighted by Crippen LogP contribution is 2.77. The SMILES string of the molecule is Cc1ccc(N2C[C@H](C(=O)Oc3ccc(N4C(=O)[C@@H]5[C@H](C4=O)[C@@]4(Cl)C(Cl)=C(Cl)[C@@]5(Cl)C4(Cl)Cl)c(C)c3)CC2=O)cc1Cl. The number of anilines is 2. The quantitative estimate of drug-likeness (QED) is 0.150. The number of ether oxygens (including phenoxy) is 1. The maximum Gasteiger partial charge on any atom is 0.316 e. The summed E-state index contributed by atoms with van der Waals surface area (Å²) < 4.78 is 3.55. The van der Waals surface area contributed by atoms with Crippen molar-refractivity contribution in [2.45, 2.75) is 34.3 Å². The van der Waals surface area contributed by atoms with E-state index < -0.39 is 49.6 Å². The van der Waals surface area contributed by atoms with Gasteiger partial charge in [-0.15, -0.1) is 23.2 Å². The van der Waals surface area contributed by atoms with Gasteiger partial charge in [0, 0.05) is 23.7 Å². The third-order valence-electron chi connectivity index (χ3n) is 8.46. The minimum absolute atomic E-state index is 0.0247. The molecule has 5 atom stereocenters. The second kappa shape index (κ2) is 9.90. The van der Waals surface area contributed by atoms with Crippen molar-refractivity contribution in [1.82, 2.24) is 0 Å². The molecule has 0 unspecified atom stereocenters. The molecule has 1 saturated carbocycles. The van der Waals surface area contributed by atoms with Crippen molar-refractivity contribution in [3.63, 3.8) is 0 Å². The molecule has 3 amide bonds. The lowest BCUT2D eigenvalue weighted by Gasteiger charge is -2.34. The van der Waals surface area contributed by atoms with Crippen LogP contribution in [0.1, 0.15) is 17.5 Å². The van der Waals surface area contributed by atoms with Gasteiger partial charge in [-0.1, -0.05) is 64.1 Å². The van der Waals surface area contributed by atoms with Crippen molar-refractivity contribution in [1.29, 1.82) is 0 Å². The Hall–Kier alpha value is -1.71. The van der Waals surface area contributed by atoms with Gasteiger partial charge in [-0.2, -0.15) is 0 Å². The monoisotopic (exact) mass is 708 g/mol. The summed E-state index contributed by atoms with van der Waals surface area (Å²) in [5.74, 6) is -5.28. The van der Waals surface area contributed by atoms with Crippen molar-refractivity contribution in [3.8, 4) is 5.75 Å². The smallest absolute Gasteiger partial charge is 0.316 e. The molecule has 2 aliphatic heterocycles. The third-order valence-corrected chi connectivity index (χ3v) is 13.1. The number of carbonyl (C=O) groups is 4. The molecule has 2 aliphatic carbocycles. The number of nitrogens with zero attached hydrogens (tertiary/aromatic N) is 2. The van der Waals surface area contributed by atoms with Crippen molar-refractivity contribution < 1.29 is 23.9 Å². The van der Waals surface area contributed by atoms with Gasteiger partial charge >= 0.3 is 5.97 Å². The van der Waals surface area contributed by atoms with Crippen LogP contribution in [-0.2, 0) is 19.2 Å². The Morgan fingerprint density at radius 1 is 0.857 bits per heavy atom. The molecule has 4 aliphatic rings. The molecule has 2 aromatic rings. The van der Waals surface area contributed by atoms with Crippen molar-refractivity contribution in [2.75, 3.05) is 16.3 Å². The lowest BCUT2D eigenvalue weighted by molar-refractivity contribution is -0.139. The highest BCUT2D eigenvalue weighted by atomic mass is 35.5. The fourth-order valence-electron chi connectivity index (χ4n) is 6.24. The Morgan fingerprint density at radius 3 is 2.00 bits per heavy atom. The lowest BCUT2D eigenvalue weighted by atomic mass is 9.84. The van der Waals surface area contributed by atoms with Crippen LogP contribution in [0.3, 0.4) is 0 Å². The summed E-state index contributed by atoms with van der Waals surface area (Å²) in [4.78, 5) is 51.6. The minimum atomic E-state index is -2.03. The van der Waals surface area contributed by atoms with E-state index in [2.05, 4.69) is 0 Å². The molecule has 2 heterocycles. The van der Waals surface area contributed by atoms with E-state index in [1.54, 1.807) is 25.1 Å². The van der Waals surface area contributed by atoms with E-state index in [0.29, 0.717) is 16.3 Å². The number of benzene rings is 2. The van der Waals surface area contributed by atoms with Crippen LogP contribution in [0.25, 0.3) is 0 Å². The maximum atomic E-state index is 13.7. The largest absolute Gasteiger partial charge is 0.426 e. The normalized spacial score (nSPS) is 31.5. The van der Waals surface area contributed by atoms with E-state index in [0.717, 1.165) is 10.5 Å². The van der Waals surface area contributed by atoms with Crippen molar-refractivity contribution >= 4 is 116 Å². The van der Waals surface area contributed by atoms with Gasteiger partial charge in [0.05, 0.1) is 33.5 Å². The number of aryl methyl sites for hydroxylation is 2. The summed E-state index contributed by atoms with van der Waals surface area (Å²) in [6.07, 6.45) is -0.0247. The van der Waals surface area contributed by atoms with Gasteiger partial charge in [-0.05, 0) is 55.3 Å². The van der Waals surface area contributed by atoms with E-state index in [-0.39, 0.29) is 40.4 Å². The van der Waals surface area contributed by atoms with E-state index >= 15 is 0 Å². The second-order valence-electron chi connectivity index (χ2n) is 10.8. The first-order valence-corrected chi connectivity index (χ1v) is 15.3. The molecular formula is C28H19Cl7N2O5. The summed E-state index contributed by atoms with van der Waals surface area (Å²) in [7, 11) is 0. The molecule has 2 aromatic carbocycles. The number of rotatable bonds is 4. The van der Waals surface area contributed by atoms with Gasteiger partial charge in [-0.3, -0.25) is 19.2 Å². The van der Waals surface area contributed by atoms with Crippen molar-refractivity contribution in [3.05, 3.63) is 62.6 Å². The number of hydrogen-bond acceptors (Lipinski definition) is 5. The molecule has 0 spiro atoms. The molecule has 7 nitrogen and oxygen atoms in total. The average molecular weight is 712 g/mol.